The lowest BCUT2D eigenvalue weighted by Gasteiger charge is -2.31. The monoisotopic (exact) mass is 296 g/mol. The predicted molar refractivity (Wildman–Crippen MR) is 91.8 cm³/mol. The van der Waals surface area contributed by atoms with E-state index >= 15 is 0 Å². The fourth-order valence-electron chi connectivity index (χ4n) is 2.95. The quantitative estimate of drug-likeness (QED) is 0.927. The number of aryl methyl sites for hydroxylation is 2. The molecule has 3 rings (SSSR count). The van der Waals surface area contributed by atoms with Crippen LogP contribution in [0.4, 0.5) is 17.5 Å². The summed E-state index contributed by atoms with van der Waals surface area (Å²) in [6.45, 7) is 8.70. The first-order chi connectivity index (χ1) is 10.6. The molecule has 22 heavy (non-hydrogen) atoms. The van der Waals surface area contributed by atoms with Gasteiger partial charge < -0.3 is 10.2 Å². The second-order valence-corrected chi connectivity index (χ2v) is 6.30. The molecule has 0 saturated carbocycles. The van der Waals surface area contributed by atoms with Crippen LogP contribution in [0.25, 0.3) is 0 Å². The summed E-state index contributed by atoms with van der Waals surface area (Å²) in [5.41, 5.74) is 3.52. The van der Waals surface area contributed by atoms with Crippen LogP contribution in [0.3, 0.4) is 0 Å². The Labute approximate surface area is 132 Å². The lowest BCUT2D eigenvalue weighted by molar-refractivity contribution is 0.436. The average molecular weight is 296 g/mol. The fourth-order valence-corrected chi connectivity index (χ4v) is 2.95. The number of hydrogen-bond acceptors (Lipinski definition) is 4. The smallest absolute Gasteiger partial charge is 0.229 e. The van der Waals surface area contributed by atoms with Crippen LogP contribution in [0.15, 0.2) is 30.5 Å². The molecule has 1 aliphatic rings. The zero-order chi connectivity index (χ0) is 15.5. The molecule has 0 atom stereocenters. The van der Waals surface area contributed by atoms with Crippen molar-refractivity contribution in [3.05, 3.63) is 41.6 Å². The van der Waals surface area contributed by atoms with Crippen molar-refractivity contribution in [3.8, 4) is 0 Å². The van der Waals surface area contributed by atoms with Crippen molar-refractivity contribution in [3.63, 3.8) is 0 Å². The molecule has 1 aliphatic heterocycles. The first-order valence-corrected chi connectivity index (χ1v) is 8.04. The number of aromatic nitrogens is 2. The van der Waals surface area contributed by atoms with Crippen LogP contribution in [-0.4, -0.2) is 23.1 Å². The van der Waals surface area contributed by atoms with E-state index in [-0.39, 0.29) is 0 Å². The molecule has 0 unspecified atom stereocenters. The fraction of sp³-hybridized carbons (Fsp3) is 0.444. The minimum atomic E-state index is 0.675. The molecular weight excluding hydrogens is 272 g/mol. The number of rotatable bonds is 3. The van der Waals surface area contributed by atoms with Gasteiger partial charge in [0, 0.05) is 25.0 Å². The molecule has 0 amide bonds. The first-order valence-electron chi connectivity index (χ1n) is 8.04. The third kappa shape index (κ3) is 3.21. The SMILES string of the molecule is Cc1cccc(C)c1Nc1nccc(N2CCC(C)CC2)n1. The average Bonchev–Trinajstić information content (AvgIpc) is 2.52. The Morgan fingerprint density at radius 2 is 1.77 bits per heavy atom. The van der Waals surface area contributed by atoms with Gasteiger partial charge in [-0.25, -0.2) is 4.98 Å². The maximum absolute atomic E-state index is 4.70. The molecule has 1 saturated heterocycles. The van der Waals surface area contributed by atoms with E-state index in [1.165, 1.54) is 24.0 Å². The van der Waals surface area contributed by atoms with Gasteiger partial charge in [-0.3, -0.25) is 0 Å². The first kappa shape index (κ1) is 14.8. The maximum atomic E-state index is 4.70. The molecule has 2 heterocycles. The van der Waals surface area contributed by atoms with Gasteiger partial charge in [0.15, 0.2) is 0 Å². The molecule has 2 aromatic rings. The third-order valence-electron chi connectivity index (χ3n) is 4.47. The summed E-state index contributed by atoms with van der Waals surface area (Å²) in [5, 5.41) is 3.38. The molecule has 0 aliphatic carbocycles. The van der Waals surface area contributed by atoms with Gasteiger partial charge in [0.05, 0.1) is 0 Å². The normalized spacial score (nSPS) is 15.9. The van der Waals surface area contributed by atoms with Gasteiger partial charge in [0.25, 0.3) is 0 Å². The molecule has 1 aromatic carbocycles. The van der Waals surface area contributed by atoms with Gasteiger partial charge in [0.2, 0.25) is 5.95 Å². The number of benzene rings is 1. The summed E-state index contributed by atoms with van der Waals surface area (Å²) in [6, 6.07) is 8.28. The van der Waals surface area contributed by atoms with Crippen molar-refractivity contribution in [2.24, 2.45) is 5.92 Å². The molecule has 116 valence electrons. The number of nitrogens with zero attached hydrogens (tertiary/aromatic N) is 3. The Morgan fingerprint density at radius 3 is 2.45 bits per heavy atom. The lowest BCUT2D eigenvalue weighted by Crippen LogP contribution is -2.33. The highest BCUT2D eigenvalue weighted by molar-refractivity contribution is 5.63. The largest absolute Gasteiger partial charge is 0.356 e. The Balaban J connectivity index is 1.79. The number of hydrogen-bond donors (Lipinski definition) is 1. The van der Waals surface area contributed by atoms with Crippen molar-refractivity contribution in [1.29, 1.82) is 0 Å². The van der Waals surface area contributed by atoms with Crippen molar-refractivity contribution >= 4 is 17.5 Å². The second kappa shape index (κ2) is 6.34. The molecule has 0 radical (unpaired) electrons. The molecule has 0 bridgehead atoms. The molecule has 4 heteroatoms. The van der Waals surface area contributed by atoms with Gasteiger partial charge in [-0.15, -0.1) is 0 Å². The van der Waals surface area contributed by atoms with Gasteiger partial charge >= 0.3 is 0 Å². The standard InChI is InChI=1S/C18H24N4/c1-13-8-11-22(12-9-13)16-7-10-19-18(20-16)21-17-14(2)5-4-6-15(17)3/h4-7,10,13H,8-9,11-12H2,1-3H3,(H,19,20,21). The van der Waals surface area contributed by atoms with Gasteiger partial charge in [-0.05, 0) is 49.8 Å². The minimum Gasteiger partial charge on any atom is -0.356 e. The molecule has 0 spiro atoms. The van der Waals surface area contributed by atoms with Crippen molar-refractivity contribution < 1.29 is 0 Å². The Hall–Kier alpha value is -2.10. The van der Waals surface area contributed by atoms with Gasteiger partial charge in [-0.2, -0.15) is 4.98 Å². The summed E-state index contributed by atoms with van der Waals surface area (Å²) < 4.78 is 0. The molecule has 1 N–H and O–H groups in total. The summed E-state index contributed by atoms with van der Waals surface area (Å²) >= 11 is 0. The third-order valence-corrected chi connectivity index (χ3v) is 4.47. The van der Waals surface area contributed by atoms with Gasteiger partial charge in [0.1, 0.15) is 5.82 Å². The molecule has 4 nitrogen and oxygen atoms in total. The van der Waals surface area contributed by atoms with Crippen LogP contribution in [0.5, 0.6) is 0 Å². The van der Waals surface area contributed by atoms with E-state index < -0.39 is 0 Å². The van der Waals surface area contributed by atoms with Crippen LogP contribution < -0.4 is 10.2 Å². The maximum Gasteiger partial charge on any atom is 0.229 e. The van der Waals surface area contributed by atoms with Crippen LogP contribution >= 0.6 is 0 Å². The lowest BCUT2D eigenvalue weighted by atomic mass is 9.99. The van der Waals surface area contributed by atoms with E-state index in [2.05, 4.69) is 54.2 Å². The van der Waals surface area contributed by atoms with Crippen LogP contribution in [-0.2, 0) is 0 Å². The van der Waals surface area contributed by atoms with Crippen molar-refractivity contribution in [1.82, 2.24) is 9.97 Å². The highest BCUT2D eigenvalue weighted by Gasteiger charge is 2.17. The summed E-state index contributed by atoms with van der Waals surface area (Å²) in [5.74, 6) is 2.52. The van der Waals surface area contributed by atoms with Crippen LogP contribution in [0.1, 0.15) is 30.9 Å². The Bertz CT molecular complexity index is 625. The Kier molecular flexibility index (Phi) is 4.27. The van der Waals surface area contributed by atoms with E-state index in [1.54, 1.807) is 0 Å². The molecule has 1 aromatic heterocycles. The number of para-hydroxylation sites is 1. The van der Waals surface area contributed by atoms with E-state index in [0.29, 0.717) is 5.95 Å². The minimum absolute atomic E-state index is 0.675. The van der Waals surface area contributed by atoms with E-state index in [9.17, 15) is 0 Å². The number of piperidine rings is 1. The second-order valence-electron chi connectivity index (χ2n) is 6.30. The molecule has 1 fully saturated rings. The zero-order valence-electron chi connectivity index (χ0n) is 13.6. The summed E-state index contributed by atoms with van der Waals surface area (Å²) in [6.07, 6.45) is 4.32. The predicted octanol–water partition coefficient (Wildman–Crippen LogP) is 4.07. The number of anilines is 3. The molecular formula is C18H24N4. The van der Waals surface area contributed by atoms with E-state index in [0.717, 1.165) is 30.5 Å². The van der Waals surface area contributed by atoms with Crippen LogP contribution in [0.2, 0.25) is 0 Å². The van der Waals surface area contributed by atoms with E-state index in [1.807, 2.05) is 12.3 Å². The number of nitrogens with one attached hydrogen (secondary N) is 1. The van der Waals surface area contributed by atoms with E-state index in [4.69, 9.17) is 4.98 Å². The summed E-state index contributed by atoms with van der Waals surface area (Å²) in [7, 11) is 0. The highest BCUT2D eigenvalue weighted by atomic mass is 15.2. The zero-order valence-corrected chi connectivity index (χ0v) is 13.6. The van der Waals surface area contributed by atoms with Crippen LogP contribution in [0, 0.1) is 19.8 Å². The Morgan fingerprint density at radius 1 is 1.09 bits per heavy atom. The highest BCUT2D eigenvalue weighted by Crippen LogP contribution is 2.25. The topological polar surface area (TPSA) is 41.1 Å². The van der Waals surface area contributed by atoms with Crippen molar-refractivity contribution in [2.75, 3.05) is 23.3 Å². The summed E-state index contributed by atoms with van der Waals surface area (Å²) in [4.78, 5) is 11.4. The van der Waals surface area contributed by atoms with Crippen molar-refractivity contribution in [2.45, 2.75) is 33.6 Å². The van der Waals surface area contributed by atoms with Gasteiger partial charge in [-0.1, -0.05) is 25.1 Å².